The fourth-order valence-electron chi connectivity index (χ4n) is 1.86. The van der Waals surface area contributed by atoms with Gasteiger partial charge in [-0.1, -0.05) is 12.8 Å². The van der Waals surface area contributed by atoms with Crippen molar-refractivity contribution in [3.63, 3.8) is 0 Å². The predicted octanol–water partition coefficient (Wildman–Crippen LogP) is 0.0338. The maximum atomic E-state index is 11.6. The Hall–Kier alpha value is -0.650. The molecule has 0 aromatic rings. The molecule has 5 nitrogen and oxygen atoms in total. The summed E-state index contributed by atoms with van der Waals surface area (Å²) in [5.41, 5.74) is 0. The first-order valence-electron chi connectivity index (χ1n) is 6.51. The summed E-state index contributed by atoms with van der Waals surface area (Å²) in [7, 11) is 0. The van der Waals surface area contributed by atoms with E-state index < -0.39 is 0 Å². The van der Waals surface area contributed by atoms with E-state index in [2.05, 4.69) is 10.6 Å². The van der Waals surface area contributed by atoms with Crippen molar-refractivity contribution in [2.45, 2.75) is 38.1 Å². The predicted molar refractivity (Wildman–Crippen MR) is 65.8 cm³/mol. The van der Waals surface area contributed by atoms with Crippen LogP contribution in [0.5, 0.6) is 0 Å². The van der Waals surface area contributed by atoms with Crippen LogP contribution < -0.4 is 10.6 Å². The number of morpholine rings is 1. The van der Waals surface area contributed by atoms with Crippen LogP contribution in [0.1, 0.15) is 32.1 Å². The average molecular weight is 244 g/mol. The molecule has 17 heavy (non-hydrogen) atoms. The van der Waals surface area contributed by atoms with Gasteiger partial charge < -0.3 is 20.5 Å². The number of carbonyl (C=O) groups excluding carboxylic acids is 1. The van der Waals surface area contributed by atoms with E-state index in [0.29, 0.717) is 13.0 Å². The van der Waals surface area contributed by atoms with Gasteiger partial charge >= 0.3 is 0 Å². The second-order valence-corrected chi connectivity index (χ2v) is 4.42. The molecule has 1 fully saturated rings. The fourth-order valence-corrected chi connectivity index (χ4v) is 1.86. The minimum atomic E-state index is 0.0927. The number of carbonyl (C=O) groups is 1. The first kappa shape index (κ1) is 14.4. The van der Waals surface area contributed by atoms with Crippen LogP contribution in [0.4, 0.5) is 0 Å². The van der Waals surface area contributed by atoms with Crippen molar-refractivity contribution >= 4 is 5.91 Å². The van der Waals surface area contributed by atoms with Gasteiger partial charge in [-0.3, -0.25) is 4.79 Å². The summed E-state index contributed by atoms with van der Waals surface area (Å²) in [5.74, 6) is 0.0927. The van der Waals surface area contributed by atoms with E-state index in [4.69, 9.17) is 9.84 Å². The largest absolute Gasteiger partial charge is 0.396 e. The standard InChI is InChI=1S/C12H24N2O3/c15-7-4-2-1-3-5-14-12(16)9-11-10-17-8-6-13-11/h11,13,15H,1-10H2,(H,14,16). The van der Waals surface area contributed by atoms with Gasteiger partial charge in [0.25, 0.3) is 0 Å². The molecular formula is C12H24N2O3. The van der Waals surface area contributed by atoms with Crippen molar-refractivity contribution in [3.8, 4) is 0 Å². The number of hydrogen-bond acceptors (Lipinski definition) is 4. The molecule has 0 radical (unpaired) electrons. The highest BCUT2D eigenvalue weighted by atomic mass is 16.5. The molecule has 0 bridgehead atoms. The van der Waals surface area contributed by atoms with Crippen LogP contribution >= 0.6 is 0 Å². The quantitative estimate of drug-likeness (QED) is 0.527. The van der Waals surface area contributed by atoms with Crippen LogP contribution in [0.2, 0.25) is 0 Å². The normalized spacial score (nSPS) is 20.2. The van der Waals surface area contributed by atoms with Gasteiger partial charge in [-0.2, -0.15) is 0 Å². The summed E-state index contributed by atoms with van der Waals surface area (Å²) < 4.78 is 5.29. The number of hydrogen-bond donors (Lipinski definition) is 3. The number of rotatable bonds is 8. The van der Waals surface area contributed by atoms with Gasteiger partial charge in [-0.15, -0.1) is 0 Å². The zero-order valence-corrected chi connectivity index (χ0v) is 10.4. The lowest BCUT2D eigenvalue weighted by atomic mass is 10.1. The van der Waals surface area contributed by atoms with Crippen LogP contribution in [0, 0.1) is 0 Å². The van der Waals surface area contributed by atoms with Gasteiger partial charge in [0.1, 0.15) is 0 Å². The topological polar surface area (TPSA) is 70.6 Å². The lowest BCUT2D eigenvalue weighted by Crippen LogP contribution is -2.44. The minimum absolute atomic E-state index is 0.0927. The highest BCUT2D eigenvalue weighted by Crippen LogP contribution is 2.00. The first-order chi connectivity index (χ1) is 8.33. The Morgan fingerprint density at radius 1 is 1.35 bits per heavy atom. The van der Waals surface area contributed by atoms with E-state index in [1.54, 1.807) is 0 Å². The van der Waals surface area contributed by atoms with Crippen molar-refractivity contribution in [2.75, 3.05) is 32.9 Å². The second kappa shape index (κ2) is 9.39. The molecule has 0 aromatic carbocycles. The first-order valence-corrected chi connectivity index (χ1v) is 6.51. The summed E-state index contributed by atoms with van der Waals surface area (Å²) in [5, 5.41) is 14.8. The summed E-state index contributed by atoms with van der Waals surface area (Å²) in [4.78, 5) is 11.6. The van der Waals surface area contributed by atoms with E-state index in [0.717, 1.165) is 45.4 Å². The van der Waals surface area contributed by atoms with E-state index in [1.165, 1.54) is 0 Å². The van der Waals surface area contributed by atoms with Gasteiger partial charge in [0.2, 0.25) is 5.91 Å². The zero-order valence-electron chi connectivity index (χ0n) is 10.4. The number of aliphatic hydroxyl groups is 1. The Kier molecular flexibility index (Phi) is 7.96. The highest BCUT2D eigenvalue weighted by molar-refractivity contribution is 5.76. The molecule has 0 aliphatic carbocycles. The molecule has 0 spiro atoms. The van der Waals surface area contributed by atoms with Crippen LogP contribution in [-0.2, 0) is 9.53 Å². The smallest absolute Gasteiger partial charge is 0.221 e. The maximum Gasteiger partial charge on any atom is 0.221 e. The maximum absolute atomic E-state index is 11.6. The Bertz CT molecular complexity index is 206. The van der Waals surface area contributed by atoms with Gasteiger partial charge in [0.05, 0.1) is 13.2 Å². The number of amides is 1. The van der Waals surface area contributed by atoms with Gasteiger partial charge in [-0.25, -0.2) is 0 Å². The Morgan fingerprint density at radius 3 is 2.88 bits per heavy atom. The molecule has 1 atom stereocenters. The number of ether oxygens (including phenoxy) is 1. The number of unbranched alkanes of at least 4 members (excludes halogenated alkanes) is 3. The van der Waals surface area contributed by atoms with Crippen molar-refractivity contribution in [1.29, 1.82) is 0 Å². The lowest BCUT2D eigenvalue weighted by molar-refractivity contribution is -0.122. The van der Waals surface area contributed by atoms with Crippen LogP contribution in [0.15, 0.2) is 0 Å². The van der Waals surface area contributed by atoms with Crippen LogP contribution in [0.3, 0.4) is 0 Å². The monoisotopic (exact) mass is 244 g/mol. The lowest BCUT2D eigenvalue weighted by Gasteiger charge is -2.23. The van der Waals surface area contributed by atoms with Gasteiger partial charge in [0.15, 0.2) is 0 Å². The Labute approximate surface area is 103 Å². The highest BCUT2D eigenvalue weighted by Gasteiger charge is 2.16. The molecule has 1 amide bonds. The van der Waals surface area contributed by atoms with Gasteiger partial charge in [0, 0.05) is 32.2 Å². The molecule has 1 unspecified atom stereocenters. The molecule has 5 heteroatoms. The molecule has 0 saturated carbocycles. The van der Waals surface area contributed by atoms with Crippen molar-refractivity contribution in [1.82, 2.24) is 10.6 Å². The Morgan fingerprint density at radius 2 is 2.18 bits per heavy atom. The summed E-state index contributed by atoms with van der Waals surface area (Å²) in [6.45, 7) is 3.20. The van der Waals surface area contributed by atoms with E-state index in [1.807, 2.05) is 0 Å². The van der Waals surface area contributed by atoms with Gasteiger partial charge in [-0.05, 0) is 12.8 Å². The molecule has 1 aliphatic heterocycles. The summed E-state index contributed by atoms with van der Waals surface area (Å²) in [6, 6.07) is 0.165. The molecule has 100 valence electrons. The third kappa shape index (κ3) is 7.31. The third-order valence-electron chi connectivity index (χ3n) is 2.84. The summed E-state index contributed by atoms with van der Waals surface area (Å²) in [6.07, 6.45) is 4.43. The zero-order chi connectivity index (χ0) is 12.3. The molecule has 3 N–H and O–H groups in total. The van der Waals surface area contributed by atoms with Crippen LogP contribution in [-0.4, -0.2) is 50.0 Å². The SMILES string of the molecule is O=C(CC1COCCN1)NCCCCCCO. The van der Waals surface area contributed by atoms with E-state index in [9.17, 15) is 4.79 Å². The fraction of sp³-hybridized carbons (Fsp3) is 0.917. The summed E-state index contributed by atoms with van der Waals surface area (Å²) >= 11 is 0. The average Bonchev–Trinajstić information content (AvgIpc) is 2.35. The van der Waals surface area contributed by atoms with Crippen molar-refractivity contribution < 1.29 is 14.6 Å². The second-order valence-electron chi connectivity index (χ2n) is 4.42. The third-order valence-corrected chi connectivity index (χ3v) is 2.84. The van der Waals surface area contributed by atoms with Crippen LogP contribution in [0.25, 0.3) is 0 Å². The number of nitrogens with one attached hydrogen (secondary N) is 2. The molecule has 1 rings (SSSR count). The minimum Gasteiger partial charge on any atom is -0.396 e. The molecule has 1 aliphatic rings. The van der Waals surface area contributed by atoms with E-state index in [-0.39, 0.29) is 18.6 Å². The number of aliphatic hydroxyl groups excluding tert-OH is 1. The Balaban J connectivity index is 1.93. The molecule has 1 saturated heterocycles. The van der Waals surface area contributed by atoms with Crippen molar-refractivity contribution in [2.24, 2.45) is 0 Å². The van der Waals surface area contributed by atoms with Crippen molar-refractivity contribution in [3.05, 3.63) is 0 Å². The van der Waals surface area contributed by atoms with E-state index >= 15 is 0 Å². The molecule has 1 heterocycles. The molecular weight excluding hydrogens is 220 g/mol. The molecule has 0 aromatic heterocycles.